The minimum absolute atomic E-state index is 0.246. The lowest BCUT2D eigenvalue weighted by atomic mass is 9.95. The van der Waals surface area contributed by atoms with Gasteiger partial charge < -0.3 is 15.7 Å². The SMILES string of the molecule is Cn1nnnc1CN(N)c1nc(C(C)(C)C)nc(N2CC[C@H](O)C2)c1N. The third kappa shape index (κ3) is 3.53. The minimum atomic E-state index is -0.385. The van der Waals surface area contributed by atoms with Crippen LogP contribution in [0.2, 0.25) is 0 Å². The van der Waals surface area contributed by atoms with E-state index in [9.17, 15) is 5.11 Å². The van der Waals surface area contributed by atoms with Crippen LogP contribution in [0.5, 0.6) is 0 Å². The average molecular weight is 362 g/mol. The zero-order chi connectivity index (χ0) is 19.1. The van der Waals surface area contributed by atoms with Gasteiger partial charge in [-0.1, -0.05) is 20.8 Å². The molecule has 1 fully saturated rings. The summed E-state index contributed by atoms with van der Waals surface area (Å²) in [4.78, 5) is 11.2. The molecule has 0 bridgehead atoms. The molecule has 0 saturated carbocycles. The number of aryl methyl sites for hydroxylation is 1. The number of nitrogens with zero attached hydrogens (tertiary/aromatic N) is 8. The number of β-amino-alcohol motifs (C(OH)–C–C–N with tert-alkyl or cyclic N) is 1. The van der Waals surface area contributed by atoms with Crippen LogP contribution in [0.25, 0.3) is 0 Å². The fourth-order valence-corrected chi connectivity index (χ4v) is 2.78. The van der Waals surface area contributed by atoms with E-state index in [1.807, 2.05) is 25.7 Å². The topological polar surface area (TPSA) is 148 Å². The highest BCUT2D eigenvalue weighted by molar-refractivity contribution is 5.76. The first-order valence-electron chi connectivity index (χ1n) is 8.51. The molecule has 1 aliphatic heterocycles. The zero-order valence-corrected chi connectivity index (χ0v) is 15.6. The highest BCUT2D eigenvalue weighted by atomic mass is 16.3. The molecular formula is C15H26N10O. The van der Waals surface area contributed by atoms with Crippen molar-refractivity contribution in [1.82, 2.24) is 30.2 Å². The van der Waals surface area contributed by atoms with Crippen molar-refractivity contribution in [2.24, 2.45) is 12.9 Å². The number of aliphatic hydroxyl groups is 1. The summed E-state index contributed by atoms with van der Waals surface area (Å²) < 4.78 is 1.54. The second-order valence-electron chi connectivity index (χ2n) is 7.59. The summed E-state index contributed by atoms with van der Waals surface area (Å²) in [6.07, 6.45) is 0.296. The van der Waals surface area contributed by atoms with Crippen LogP contribution in [0.1, 0.15) is 38.8 Å². The Hall–Kier alpha value is -2.53. The van der Waals surface area contributed by atoms with Gasteiger partial charge in [0, 0.05) is 25.6 Å². The normalized spacial score (nSPS) is 17.8. The number of tetrazole rings is 1. The fraction of sp³-hybridized carbons (Fsp3) is 0.667. The third-order valence-corrected chi connectivity index (χ3v) is 4.33. The number of anilines is 3. The molecule has 0 amide bonds. The summed E-state index contributed by atoms with van der Waals surface area (Å²) in [6, 6.07) is 0. The van der Waals surface area contributed by atoms with Gasteiger partial charge in [-0.15, -0.1) is 5.10 Å². The number of aromatic nitrogens is 6. The monoisotopic (exact) mass is 362 g/mol. The molecule has 3 rings (SSSR count). The van der Waals surface area contributed by atoms with Crippen LogP contribution in [-0.2, 0) is 19.0 Å². The molecule has 0 spiro atoms. The second-order valence-corrected chi connectivity index (χ2v) is 7.59. The number of nitrogen functional groups attached to an aromatic ring is 1. The van der Waals surface area contributed by atoms with Gasteiger partial charge in [0.1, 0.15) is 11.5 Å². The predicted octanol–water partition coefficient (Wildman–Crippen LogP) is -0.669. The maximum absolute atomic E-state index is 9.88. The van der Waals surface area contributed by atoms with E-state index in [-0.39, 0.29) is 18.1 Å². The fourth-order valence-electron chi connectivity index (χ4n) is 2.78. The van der Waals surface area contributed by atoms with Crippen molar-refractivity contribution >= 4 is 17.3 Å². The summed E-state index contributed by atoms with van der Waals surface area (Å²) in [6.45, 7) is 7.50. The van der Waals surface area contributed by atoms with Crippen LogP contribution in [0.15, 0.2) is 0 Å². The largest absolute Gasteiger partial charge is 0.393 e. The van der Waals surface area contributed by atoms with Gasteiger partial charge in [-0.2, -0.15) is 0 Å². The van der Waals surface area contributed by atoms with E-state index in [1.54, 1.807) is 11.7 Å². The molecule has 3 heterocycles. The molecular weight excluding hydrogens is 336 g/mol. The van der Waals surface area contributed by atoms with Crippen molar-refractivity contribution in [3.05, 3.63) is 11.6 Å². The first-order chi connectivity index (χ1) is 12.2. The lowest BCUT2D eigenvalue weighted by Crippen LogP contribution is -2.35. The smallest absolute Gasteiger partial charge is 0.172 e. The van der Waals surface area contributed by atoms with Crippen molar-refractivity contribution < 1.29 is 5.11 Å². The van der Waals surface area contributed by atoms with Crippen LogP contribution in [0, 0.1) is 0 Å². The van der Waals surface area contributed by atoms with E-state index in [2.05, 4.69) is 25.5 Å². The van der Waals surface area contributed by atoms with Gasteiger partial charge in [-0.05, 0) is 16.8 Å². The molecule has 0 aliphatic carbocycles. The van der Waals surface area contributed by atoms with E-state index >= 15 is 0 Å². The van der Waals surface area contributed by atoms with Crippen LogP contribution < -0.4 is 21.5 Å². The van der Waals surface area contributed by atoms with Gasteiger partial charge in [0.2, 0.25) is 0 Å². The average Bonchev–Trinajstić information content (AvgIpc) is 3.15. The molecule has 0 aromatic carbocycles. The number of aliphatic hydroxyl groups excluding tert-OH is 1. The Morgan fingerprint density at radius 2 is 2.04 bits per heavy atom. The van der Waals surface area contributed by atoms with Crippen molar-refractivity contribution in [3.8, 4) is 0 Å². The third-order valence-electron chi connectivity index (χ3n) is 4.33. The molecule has 11 heteroatoms. The molecule has 2 aromatic heterocycles. The van der Waals surface area contributed by atoms with E-state index in [4.69, 9.17) is 11.6 Å². The van der Waals surface area contributed by atoms with Gasteiger partial charge in [0.25, 0.3) is 0 Å². The zero-order valence-electron chi connectivity index (χ0n) is 15.6. The molecule has 142 valence electrons. The number of rotatable bonds is 4. The number of nitrogens with two attached hydrogens (primary N) is 2. The van der Waals surface area contributed by atoms with Crippen LogP contribution >= 0.6 is 0 Å². The molecule has 11 nitrogen and oxygen atoms in total. The molecule has 5 N–H and O–H groups in total. The highest BCUT2D eigenvalue weighted by Crippen LogP contribution is 2.34. The van der Waals surface area contributed by atoms with Crippen molar-refractivity contribution in [1.29, 1.82) is 0 Å². The molecule has 1 atom stereocenters. The summed E-state index contributed by atoms with van der Waals surface area (Å²) in [5.74, 6) is 8.48. The Labute approximate surface area is 152 Å². The maximum Gasteiger partial charge on any atom is 0.172 e. The second kappa shape index (κ2) is 6.65. The number of hydrogen-bond donors (Lipinski definition) is 3. The predicted molar refractivity (Wildman–Crippen MR) is 97.1 cm³/mol. The molecule has 2 aromatic rings. The quantitative estimate of drug-likeness (QED) is 0.472. The molecule has 1 saturated heterocycles. The standard InChI is InChI=1S/C15H26N10O/c1-15(2,3)14-18-12(24-6-5-9(26)7-24)11(16)13(19-14)25(17)8-10-20-21-22-23(10)4/h9,26H,5-8,16-17H2,1-4H3/t9-/m0/s1. The first kappa shape index (κ1) is 18.3. The van der Waals surface area contributed by atoms with Gasteiger partial charge >= 0.3 is 0 Å². The summed E-state index contributed by atoms with van der Waals surface area (Å²) in [5, 5.41) is 22.7. The minimum Gasteiger partial charge on any atom is -0.393 e. The van der Waals surface area contributed by atoms with Crippen molar-refractivity contribution in [2.75, 3.05) is 28.7 Å². The highest BCUT2D eigenvalue weighted by Gasteiger charge is 2.29. The molecule has 1 aliphatic rings. The maximum atomic E-state index is 9.88. The lowest BCUT2D eigenvalue weighted by molar-refractivity contribution is 0.198. The van der Waals surface area contributed by atoms with Gasteiger partial charge in [0.15, 0.2) is 17.5 Å². The van der Waals surface area contributed by atoms with E-state index in [0.29, 0.717) is 48.5 Å². The van der Waals surface area contributed by atoms with Crippen LogP contribution in [0.3, 0.4) is 0 Å². The van der Waals surface area contributed by atoms with Crippen molar-refractivity contribution in [2.45, 2.75) is 45.3 Å². The lowest BCUT2D eigenvalue weighted by Gasteiger charge is -2.27. The Morgan fingerprint density at radius 1 is 1.31 bits per heavy atom. The summed E-state index contributed by atoms with van der Waals surface area (Å²) in [7, 11) is 1.74. The summed E-state index contributed by atoms with van der Waals surface area (Å²) in [5.41, 5.74) is 6.45. The number of hydrazine groups is 1. The van der Waals surface area contributed by atoms with Crippen LogP contribution in [0.4, 0.5) is 17.3 Å². The van der Waals surface area contributed by atoms with E-state index in [1.165, 1.54) is 5.01 Å². The Kier molecular flexibility index (Phi) is 4.67. The Morgan fingerprint density at radius 3 is 2.58 bits per heavy atom. The first-order valence-corrected chi connectivity index (χ1v) is 8.51. The van der Waals surface area contributed by atoms with Crippen molar-refractivity contribution in [3.63, 3.8) is 0 Å². The van der Waals surface area contributed by atoms with Crippen LogP contribution in [-0.4, -0.2) is 54.5 Å². The van der Waals surface area contributed by atoms with E-state index in [0.717, 1.165) is 0 Å². The molecule has 0 radical (unpaired) electrons. The number of hydrogen-bond acceptors (Lipinski definition) is 10. The molecule has 0 unspecified atom stereocenters. The van der Waals surface area contributed by atoms with Gasteiger partial charge in [-0.25, -0.2) is 20.5 Å². The van der Waals surface area contributed by atoms with Gasteiger partial charge in [-0.3, -0.25) is 5.01 Å². The Bertz CT molecular complexity index is 783. The molecule has 26 heavy (non-hydrogen) atoms. The summed E-state index contributed by atoms with van der Waals surface area (Å²) >= 11 is 0. The van der Waals surface area contributed by atoms with E-state index < -0.39 is 0 Å². The Balaban J connectivity index is 2.01. The van der Waals surface area contributed by atoms with Gasteiger partial charge in [0.05, 0.1) is 12.6 Å².